The highest BCUT2D eigenvalue weighted by molar-refractivity contribution is 5.53. The van der Waals surface area contributed by atoms with E-state index in [0.29, 0.717) is 30.1 Å². The number of nitrogens with one attached hydrogen (secondary N) is 1. The molecule has 0 fully saturated rings. The van der Waals surface area contributed by atoms with Crippen molar-refractivity contribution in [1.29, 1.82) is 0 Å². The van der Waals surface area contributed by atoms with Crippen molar-refractivity contribution in [3.05, 3.63) is 12.1 Å². The van der Waals surface area contributed by atoms with E-state index in [-0.39, 0.29) is 0 Å². The van der Waals surface area contributed by atoms with Gasteiger partial charge in [-0.25, -0.2) is 0 Å². The summed E-state index contributed by atoms with van der Waals surface area (Å²) in [5.74, 6) is 1.99. The zero-order valence-corrected chi connectivity index (χ0v) is 11.9. The number of anilines is 2. The summed E-state index contributed by atoms with van der Waals surface area (Å²) in [5.41, 5.74) is 6.38. The van der Waals surface area contributed by atoms with E-state index in [1.165, 1.54) is 0 Å². The highest BCUT2D eigenvalue weighted by Gasteiger charge is 2.14. The van der Waals surface area contributed by atoms with Gasteiger partial charge in [0.2, 0.25) is 5.88 Å². The molecule has 1 aromatic heterocycles. The number of hydrogen-bond acceptors (Lipinski definition) is 4. The summed E-state index contributed by atoms with van der Waals surface area (Å²) >= 11 is 0. The molecule has 0 saturated carbocycles. The van der Waals surface area contributed by atoms with Crippen LogP contribution >= 0.6 is 0 Å². The van der Waals surface area contributed by atoms with E-state index in [1.807, 2.05) is 19.1 Å². The topological polar surface area (TPSA) is 60.2 Å². The fourth-order valence-corrected chi connectivity index (χ4v) is 2.13. The van der Waals surface area contributed by atoms with E-state index < -0.39 is 0 Å². The van der Waals surface area contributed by atoms with Crippen molar-refractivity contribution in [2.75, 3.05) is 17.7 Å². The Morgan fingerprint density at radius 1 is 1.28 bits per heavy atom. The fourth-order valence-electron chi connectivity index (χ4n) is 2.13. The molecule has 0 aliphatic carbocycles. The van der Waals surface area contributed by atoms with Gasteiger partial charge in [0, 0.05) is 6.04 Å². The average molecular weight is 251 g/mol. The van der Waals surface area contributed by atoms with Crippen molar-refractivity contribution in [2.45, 2.75) is 46.6 Å². The Labute approximate surface area is 110 Å². The number of hydrogen-bond donors (Lipinski definition) is 2. The lowest BCUT2D eigenvalue weighted by Crippen LogP contribution is -2.25. The van der Waals surface area contributed by atoms with Gasteiger partial charge in [-0.15, -0.1) is 0 Å². The van der Waals surface area contributed by atoms with Crippen LogP contribution in [0.2, 0.25) is 0 Å². The minimum absolute atomic E-state index is 0.394. The summed E-state index contributed by atoms with van der Waals surface area (Å²) in [7, 11) is 0. The third-order valence-electron chi connectivity index (χ3n) is 3.30. The number of pyridine rings is 1. The Kier molecular flexibility index (Phi) is 5.75. The molecule has 0 spiro atoms. The van der Waals surface area contributed by atoms with Gasteiger partial charge in [-0.2, -0.15) is 4.98 Å². The Morgan fingerprint density at radius 3 is 2.50 bits per heavy atom. The van der Waals surface area contributed by atoms with Gasteiger partial charge in [0.05, 0.1) is 12.3 Å². The van der Waals surface area contributed by atoms with E-state index in [2.05, 4.69) is 31.1 Å². The molecule has 1 rings (SSSR count). The van der Waals surface area contributed by atoms with Crippen LogP contribution in [0.15, 0.2) is 12.1 Å². The van der Waals surface area contributed by atoms with Crippen LogP contribution in [0.5, 0.6) is 5.88 Å². The number of aromatic nitrogens is 1. The molecule has 1 atom stereocenters. The van der Waals surface area contributed by atoms with Crippen LogP contribution < -0.4 is 15.8 Å². The highest BCUT2D eigenvalue weighted by atomic mass is 16.5. The molecule has 3 N–H and O–H groups in total. The molecule has 1 unspecified atom stereocenters. The second kappa shape index (κ2) is 7.09. The van der Waals surface area contributed by atoms with Gasteiger partial charge < -0.3 is 15.8 Å². The Bertz CT molecular complexity index is 364. The SMILES string of the molecule is CCOc1nc(NC(C)C(CC)CC)ccc1N. The predicted octanol–water partition coefficient (Wildman–Crippen LogP) is 3.30. The van der Waals surface area contributed by atoms with Gasteiger partial charge in [-0.3, -0.25) is 0 Å². The molecule has 4 nitrogen and oxygen atoms in total. The van der Waals surface area contributed by atoms with E-state index in [0.717, 1.165) is 18.7 Å². The Morgan fingerprint density at radius 2 is 1.94 bits per heavy atom. The lowest BCUT2D eigenvalue weighted by molar-refractivity contribution is 0.329. The molecular formula is C14H25N3O. The van der Waals surface area contributed by atoms with Crippen LogP contribution in [0.25, 0.3) is 0 Å². The molecular weight excluding hydrogens is 226 g/mol. The molecule has 0 saturated heterocycles. The van der Waals surface area contributed by atoms with Crippen molar-refractivity contribution in [3.8, 4) is 5.88 Å². The second-order valence-corrected chi connectivity index (χ2v) is 4.53. The lowest BCUT2D eigenvalue weighted by Gasteiger charge is -2.23. The fraction of sp³-hybridized carbons (Fsp3) is 0.643. The molecule has 1 aromatic rings. The maximum atomic E-state index is 5.80. The van der Waals surface area contributed by atoms with Crippen LogP contribution in [-0.2, 0) is 0 Å². The summed E-state index contributed by atoms with van der Waals surface area (Å²) < 4.78 is 5.40. The van der Waals surface area contributed by atoms with Gasteiger partial charge in [-0.1, -0.05) is 26.7 Å². The first-order valence-electron chi connectivity index (χ1n) is 6.78. The van der Waals surface area contributed by atoms with Crippen molar-refractivity contribution >= 4 is 11.5 Å². The number of nitrogen functional groups attached to an aromatic ring is 1. The number of rotatable bonds is 7. The standard InChI is InChI=1S/C14H25N3O/c1-5-11(6-2)10(4)16-13-9-8-12(15)14(17-13)18-7-3/h8-11H,5-7,15H2,1-4H3,(H,16,17). The molecule has 0 aromatic carbocycles. The maximum Gasteiger partial charge on any atom is 0.239 e. The molecule has 0 aliphatic rings. The van der Waals surface area contributed by atoms with Crippen LogP contribution in [0.1, 0.15) is 40.5 Å². The normalized spacial score (nSPS) is 12.5. The molecule has 4 heteroatoms. The monoisotopic (exact) mass is 251 g/mol. The summed E-state index contributed by atoms with van der Waals surface area (Å²) in [4.78, 5) is 4.39. The molecule has 18 heavy (non-hydrogen) atoms. The minimum Gasteiger partial charge on any atom is -0.476 e. The van der Waals surface area contributed by atoms with Gasteiger partial charge in [0.1, 0.15) is 5.82 Å². The van der Waals surface area contributed by atoms with E-state index in [1.54, 1.807) is 0 Å². The highest BCUT2D eigenvalue weighted by Crippen LogP contribution is 2.23. The quantitative estimate of drug-likeness (QED) is 0.780. The van der Waals surface area contributed by atoms with Crippen molar-refractivity contribution in [1.82, 2.24) is 4.98 Å². The first kappa shape index (κ1) is 14.6. The van der Waals surface area contributed by atoms with Crippen LogP contribution in [0, 0.1) is 5.92 Å². The number of nitrogens with two attached hydrogens (primary N) is 1. The van der Waals surface area contributed by atoms with Crippen LogP contribution in [0.3, 0.4) is 0 Å². The molecule has 0 amide bonds. The molecule has 1 heterocycles. The van der Waals surface area contributed by atoms with E-state index in [9.17, 15) is 0 Å². The smallest absolute Gasteiger partial charge is 0.239 e. The lowest BCUT2D eigenvalue weighted by atomic mass is 9.95. The molecule has 0 aliphatic heterocycles. The first-order chi connectivity index (χ1) is 8.62. The maximum absolute atomic E-state index is 5.80. The zero-order valence-electron chi connectivity index (χ0n) is 11.9. The van der Waals surface area contributed by atoms with E-state index in [4.69, 9.17) is 10.5 Å². The number of ether oxygens (including phenoxy) is 1. The summed E-state index contributed by atoms with van der Waals surface area (Å²) in [6, 6.07) is 4.13. The minimum atomic E-state index is 0.394. The third kappa shape index (κ3) is 3.79. The largest absolute Gasteiger partial charge is 0.476 e. The van der Waals surface area contributed by atoms with Crippen molar-refractivity contribution in [2.24, 2.45) is 5.92 Å². The average Bonchev–Trinajstić information content (AvgIpc) is 2.35. The summed E-state index contributed by atoms with van der Waals surface area (Å²) in [5, 5.41) is 3.42. The molecule has 0 bridgehead atoms. The summed E-state index contributed by atoms with van der Waals surface area (Å²) in [6.45, 7) is 9.12. The van der Waals surface area contributed by atoms with Gasteiger partial charge in [0.25, 0.3) is 0 Å². The van der Waals surface area contributed by atoms with Crippen LogP contribution in [-0.4, -0.2) is 17.6 Å². The Balaban J connectivity index is 2.75. The zero-order chi connectivity index (χ0) is 13.5. The molecule has 0 radical (unpaired) electrons. The van der Waals surface area contributed by atoms with Crippen LogP contribution in [0.4, 0.5) is 11.5 Å². The third-order valence-corrected chi connectivity index (χ3v) is 3.30. The van der Waals surface area contributed by atoms with Gasteiger partial charge in [0.15, 0.2) is 0 Å². The van der Waals surface area contributed by atoms with Crippen molar-refractivity contribution in [3.63, 3.8) is 0 Å². The van der Waals surface area contributed by atoms with Gasteiger partial charge >= 0.3 is 0 Å². The predicted molar refractivity (Wildman–Crippen MR) is 77.0 cm³/mol. The summed E-state index contributed by atoms with van der Waals surface area (Å²) in [6.07, 6.45) is 2.33. The number of nitrogens with zero attached hydrogens (tertiary/aromatic N) is 1. The van der Waals surface area contributed by atoms with Crippen molar-refractivity contribution < 1.29 is 4.74 Å². The second-order valence-electron chi connectivity index (χ2n) is 4.53. The van der Waals surface area contributed by atoms with E-state index >= 15 is 0 Å². The molecule has 102 valence electrons. The first-order valence-corrected chi connectivity index (χ1v) is 6.78. The van der Waals surface area contributed by atoms with Gasteiger partial charge in [-0.05, 0) is 31.9 Å². The Hall–Kier alpha value is -1.45.